The Bertz CT molecular complexity index is 515. The van der Waals surface area contributed by atoms with Crippen molar-refractivity contribution in [3.05, 3.63) is 24.3 Å². The molecule has 1 aliphatic heterocycles. The lowest BCUT2D eigenvalue weighted by atomic mass is 10.2. The molecule has 1 N–H and O–H groups in total. The molecule has 1 aromatic rings. The van der Waals surface area contributed by atoms with Crippen LogP contribution < -0.4 is 9.64 Å². The van der Waals surface area contributed by atoms with Crippen molar-refractivity contribution in [2.24, 2.45) is 0 Å². The number of thioether (sulfide) groups is 2. The number of hydrogen-bond acceptors (Lipinski definition) is 5. The van der Waals surface area contributed by atoms with Gasteiger partial charge in [0.15, 0.2) is 6.61 Å². The van der Waals surface area contributed by atoms with Crippen LogP contribution in [0.1, 0.15) is 6.42 Å². The minimum atomic E-state index is -1.01. The number of ether oxygens (including phenoxy) is 1. The maximum Gasteiger partial charge on any atom is 0.341 e. The van der Waals surface area contributed by atoms with Gasteiger partial charge in [-0.05, 0) is 24.3 Å². The van der Waals surface area contributed by atoms with E-state index < -0.39 is 5.97 Å². The van der Waals surface area contributed by atoms with Crippen molar-refractivity contribution < 1.29 is 19.4 Å². The fourth-order valence-corrected chi connectivity index (χ4v) is 4.71. The van der Waals surface area contributed by atoms with Crippen molar-refractivity contribution in [3.8, 4) is 5.75 Å². The first-order chi connectivity index (χ1) is 10.6. The number of aliphatic carboxylic acids is 1. The topological polar surface area (TPSA) is 66.8 Å². The van der Waals surface area contributed by atoms with Gasteiger partial charge in [0.1, 0.15) is 5.75 Å². The SMILES string of the molecule is CN(C(=O)CC1CSCCS1)c1ccc(OCC(=O)O)cc1. The van der Waals surface area contributed by atoms with Gasteiger partial charge in [-0.3, -0.25) is 4.79 Å². The van der Waals surface area contributed by atoms with Crippen LogP contribution in [0.4, 0.5) is 5.69 Å². The fraction of sp³-hybridized carbons (Fsp3) is 0.467. The molecule has 0 aromatic heterocycles. The molecule has 1 atom stereocenters. The number of carbonyl (C=O) groups is 2. The minimum absolute atomic E-state index is 0.0965. The summed E-state index contributed by atoms with van der Waals surface area (Å²) in [6.07, 6.45) is 0.547. The van der Waals surface area contributed by atoms with Crippen LogP contribution in [0.15, 0.2) is 24.3 Å². The van der Waals surface area contributed by atoms with E-state index in [2.05, 4.69) is 0 Å². The van der Waals surface area contributed by atoms with Crippen LogP contribution in [0.5, 0.6) is 5.75 Å². The Morgan fingerprint density at radius 1 is 1.32 bits per heavy atom. The van der Waals surface area contributed by atoms with Crippen LogP contribution >= 0.6 is 23.5 Å². The Kier molecular flexibility index (Phi) is 6.45. The largest absolute Gasteiger partial charge is 0.482 e. The van der Waals surface area contributed by atoms with Gasteiger partial charge in [0, 0.05) is 41.7 Å². The third-order valence-corrected chi connectivity index (χ3v) is 6.09. The number of rotatable bonds is 6. The van der Waals surface area contributed by atoms with Crippen LogP contribution in [0.2, 0.25) is 0 Å². The number of carbonyl (C=O) groups excluding carboxylic acids is 1. The Labute approximate surface area is 138 Å². The lowest BCUT2D eigenvalue weighted by molar-refractivity contribution is -0.139. The van der Waals surface area contributed by atoms with Crippen LogP contribution in [-0.4, -0.2) is 53.1 Å². The number of benzene rings is 1. The standard InChI is InChI=1S/C15H19NO4S2/c1-16(14(17)8-13-10-21-6-7-22-13)11-2-4-12(5-3-11)20-9-15(18)19/h2-5,13H,6-10H2,1H3,(H,18,19). The van der Waals surface area contributed by atoms with E-state index in [9.17, 15) is 9.59 Å². The van der Waals surface area contributed by atoms with Crippen molar-refractivity contribution in [2.45, 2.75) is 11.7 Å². The maximum atomic E-state index is 12.3. The number of nitrogens with zero attached hydrogens (tertiary/aromatic N) is 1. The molecular weight excluding hydrogens is 322 g/mol. The fourth-order valence-electron chi connectivity index (χ4n) is 2.04. The molecule has 1 aromatic carbocycles. The number of carboxylic acids is 1. The molecule has 5 nitrogen and oxygen atoms in total. The van der Waals surface area contributed by atoms with Crippen LogP contribution in [0, 0.1) is 0 Å². The van der Waals surface area contributed by atoms with E-state index in [-0.39, 0.29) is 12.5 Å². The van der Waals surface area contributed by atoms with E-state index in [1.54, 1.807) is 36.2 Å². The predicted molar refractivity (Wildman–Crippen MR) is 91.2 cm³/mol. The lowest BCUT2D eigenvalue weighted by Crippen LogP contribution is -2.30. The number of hydrogen-bond donors (Lipinski definition) is 1. The smallest absolute Gasteiger partial charge is 0.341 e. The molecule has 120 valence electrons. The molecule has 0 bridgehead atoms. The highest BCUT2D eigenvalue weighted by Gasteiger charge is 2.20. The van der Waals surface area contributed by atoms with Gasteiger partial charge in [-0.25, -0.2) is 4.79 Å². The van der Waals surface area contributed by atoms with E-state index in [0.29, 0.717) is 17.4 Å². The summed E-state index contributed by atoms with van der Waals surface area (Å²) in [6, 6.07) is 6.87. The van der Waals surface area contributed by atoms with E-state index in [4.69, 9.17) is 9.84 Å². The Hall–Kier alpha value is -1.34. The molecule has 1 amide bonds. The highest BCUT2D eigenvalue weighted by molar-refractivity contribution is 8.06. The maximum absolute atomic E-state index is 12.3. The van der Waals surface area contributed by atoms with Gasteiger partial charge >= 0.3 is 5.97 Å². The molecule has 1 fully saturated rings. The van der Waals surface area contributed by atoms with Crippen LogP contribution in [0.3, 0.4) is 0 Å². The summed E-state index contributed by atoms with van der Waals surface area (Å²) in [5.41, 5.74) is 0.779. The normalized spacial score (nSPS) is 17.8. The minimum Gasteiger partial charge on any atom is -0.482 e. The van der Waals surface area contributed by atoms with E-state index in [1.807, 2.05) is 23.5 Å². The number of carboxylic acid groups (broad SMARTS) is 1. The second kappa shape index (κ2) is 8.33. The summed E-state index contributed by atoms with van der Waals surface area (Å²) in [6.45, 7) is -0.370. The highest BCUT2D eigenvalue weighted by atomic mass is 32.2. The zero-order valence-corrected chi connectivity index (χ0v) is 14.0. The lowest BCUT2D eigenvalue weighted by Gasteiger charge is -2.24. The molecule has 1 unspecified atom stereocenters. The second-order valence-corrected chi connectivity index (χ2v) is 7.46. The zero-order chi connectivity index (χ0) is 15.9. The summed E-state index contributed by atoms with van der Waals surface area (Å²) < 4.78 is 5.08. The Morgan fingerprint density at radius 3 is 2.64 bits per heavy atom. The quantitative estimate of drug-likeness (QED) is 0.857. The summed E-state index contributed by atoms with van der Waals surface area (Å²) in [5.74, 6) is 2.88. The zero-order valence-electron chi connectivity index (χ0n) is 12.4. The molecular formula is C15H19NO4S2. The van der Waals surface area contributed by atoms with E-state index >= 15 is 0 Å². The molecule has 1 heterocycles. The monoisotopic (exact) mass is 341 g/mol. The van der Waals surface area contributed by atoms with Crippen molar-refractivity contribution in [2.75, 3.05) is 35.8 Å². The van der Waals surface area contributed by atoms with Gasteiger partial charge in [-0.15, -0.1) is 0 Å². The molecule has 0 radical (unpaired) electrons. The Morgan fingerprint density at radius 2 is 2.05 bits per heavy atom. The number of anilines is 1. The molecule has 1 saturated heterocycles. The third kappa shape index (κ3) is 5.14. The van der Waals surface area contributed by atoms with Crippen molar-refractivity contribution in [3.63, 3.8) is 0 Å². The number of amides is 1. The second-order valence-electron chi connectivity index (χ2n) is 4.90. The van der Waals surface area contributed by atoms with Crippen molar-refractivity contribution in [1.82, 2.24) is 0 Å². The molecule has 22 heavy (non-hydrogen) atoms. The molecule has 0 saturated carbocycles. The average molecular weight is 341 g/mol. The summed E-state index contributed by atoms with van der Waals surface area (Å²) in [4.78, 5) is 24.4. The van der Waals surface area contributed by atoms with Gasteiger partial charge in [-0.1, -0.05) is 0 Å². The summed E-state index contributed by atoms with van der Waals surface area (Å²) in [7, 11) is 1.76. The van der Waals surface area contributed by atoms with E-state index in [0.717, 1.165) is 17.2 Å². The van der Waals surface area contributed by atoms with Crippen molar-refractivity contribution >= 4 is 41.1 Å². The highest BCUT2D eigenvalue weighted by Crippen LogP contribution is 2.27. The molecule has 0 aliphatic carbocycles. The van der Waals surface area contributed by atoms with Gasteiger partial charge < -0.3 is 14.7 Å². The van der Waals surface area contributed by atoms with Crippen molar-refractivity contribution in [1.29, 1.82) is 0 Å². The third-order valence-electron chi connectivity index (χ3n) is 3.25. The first-order valence-corrected chi connectivity index (χ1v) is 9.17. The van der Waals surface area contributed by atoms with E-state index in [1.165, 1.54) is 5.75 Å². The van der Waals surface area contributed by atoms with Crippen LogP contribution in [-0.2, 0) is 9.59 Å². The van der Waals surface area contributed by atoms with Gasteiger partial charge in [0.25, 0.3) is 0 Å². The first kappa shape index (κ1) is 17.0. The van der Waals surface area contributed by atoms with Crippen LogP contribution in [0.25, 0.3) is 0 Å². The van der Waals surface area contributed by atoms with Gasteiger partial charge in [-0.2, -0.15) is 23.5 Å². The summed E-state index contributed by atoms with van der Waals surface area (Å²) >= 11 is 3.78. The molecule has 0 spiro atoms. The van der Waals surface area contributed by atoms with Gasteiger partial charge in [0.2, 0.25) is 5.91 Å². The van der Waals surface area contributed by atoms with Gasteiger partial charge in [0.05, 0.1) is 0 Å². The average Bonchev–Trinajstić information content (AvgIpc) is 2.53. The molecule has 1 aliphatic rings. The first-order valence-electron chi connectivity index (χ1n) is 6.97. The molecule has 7 heteroatoms. The molecule has 2 rings (SSSR count). The Balaban J connectivity index is 1.89. The predicted octanol–water partition coefficient (Wildman–Crippen LogP) is 2.35. The summed E-state index contributed by atoms with van der Waals surface area (Å²) in [5, 5.41) is 8.96.